The van der Waals surface area contributed by atoms with E-state index < -0.39 is 17.7 Å². The zero-order valence-electron chi connectivity index (χ0n) is 17.0. The molecule has 1 N–H and O–H groups in total. The zero-order chi connectivity index (χ0) is 21.8. The number of thiophene rings is 1. The lowest BCUT2D eigenvalue weighted by Crippen LogP contribution is -2.28. The standard InChI is InChI=1S/C24H22N2O4S/c1-2-12-30-18-9-7-17(8-10-18)22(27)20-21(19-6-4-13-31-19)26(24(29)23(20)28)15-16-5-3-11-25-14-16/h3-11,13-14,21,27H,2,12,15H2,1H3/b22-20-. The molecule has 0 radical (unpaired) electrons. The van der Waals surface area contributed by atoms with Crippen molar-refractivity contribution < 1.29 is 19.4 Å². The second-order valence-electron chi connectivity index (χ2n) is 7.18. The van der Waals surface area contributed by atoms with Gasteiger partial charge < -0.3 is 14.7 Å². The van der Waals surface area contributed by atoms with Crippen LogP contribution in [0.4, 0.5) is 0 Å². The topological polar surface area (TPSA) is 79.7 Å². The van der Waals surface area contributed by atoms with Crippen molar-refractivity contribution >= 4 is 28.8 Å². The number of aromatic nitrogens is 1. The van der Waals surface area contributed by atoms with Crippen LogP contribution in [-0.2, 0) is 16.1 Å². The van der Waals surface area contributed by atoms with Gasteiger partial charge in [0.2, 0.25) is 0 Å². The Bertz CT molecular complexity index is 1090. The minimum atomic E-state index is -0.689. The molecule has 6 nitrogen and oxygen atoms in total. The molecule has 0 bridgehead atoms. The number of likely N-dealkylation sites (tertiary alicyclic amines) is 1. The molecule has 1 saturated heterocycles. The summed E-state index contributed by atoms with van der Waals surface area (Å²) >= 11 is 1.44. The van der Waals surface area contributed by atoms with Crippen LogP contribution in [0, 0.1) is 0 Å². The molecule has 0 saturated carbocycles. The fourth-order valence-corrected chi connectivity index (χ4v) is 4.40. The molecular formula is C24H22N2O4S. The van der Waals surface area contributed by atoms with Crippen LogP contribution in [0.5, 0.6) is 5.75 Å². The number of nitrogens with zero attached hydrogens (tertiary/aromatic N) is 2. The number of ketones is 1. The summed E-state index contributed by atoms with van der Waals surface area (Å²) in [5, 5.41) is 12.9. The molecule has 4 rings (SSSR count). The number of benzene rings is 1. The van der Waals surface area contributed by atoms with Crippen molar-refractivity contribution in [3.8, 4) is 5.75 Å². The monoisotopic (exact) mass is 434 g/mol. The van der Waals surface area contributed by atoms with E-state index in [2.05, 4.69) is 4.98 Å². The number of pyridine rings is 1. The summed E-state index contributed by atoms with van der Waals surface area (Å²) in [5.41, 5.74) is 1.37. The van der Waals surface area contributed by atoms with E-state index in [1.165, 1.54) is 16.2 Å². The molecule has 2 aromatic heterocycles. The molecule has 31 heavy (non-hydrogen) atoms. The number of Topliss-reactive ketones (excluding diaryl/α,β-unsaturated/α-hetero) is 1. The maximum atomic E-state index is 13.0. The van der Waals surface area contributed by atoms with Crippen molar-refractivity contribution in [1.82, 2.24) is 9.88 Å². The summed E-state index contributed by atoms with van der Waals surface area (Å²) in [6.45, 7) is 2.85. The molecule has 1 aromatic carbocycles. The lowest BCUT2D eigenvalue weighted by atomic mass is 9.99. The molecular weight excluding hydrogens is 412 g/mol. The maximum Gasteiger partial charge on any atom is 0.295 e. The number of rotatable bonds is 7. The Kier molecular flexibility index (Phi) is 6.13. The van der Waals surface area contributed by atoms with Gasteiger partial charge in [-0.15, -0.1) is 11.3 Å². The summed E-state index contributed by atoms with van der Waals surface area (Å²) < 4.78 is 5.59. The van der Waals surface area contributed by atoms with Crippen LogP contribution in [0.1, 0.15) is 35.4 Å². The van der Waals surface area contributed by atoms with Gasteiger partial charge >= 0.3 is 0 Å². The van der Waals surface area contributed by atoms with Crippen LogP contribution in [0.25, 0.3) is 5.76 Å². The molecule has 1 aliphatic rings. The van der Waals surface area contributed by atoms with E-state index in [4.69, 9.17) is 4.74 Å². The van der Waals surface area contributed by atoms with Crippen molar-refractivity contribution in [2.24, 2.45) is 0 Å². The van der Waals surface area contributed by atoms with Gasteiger partial charge in [0.15, 0.2) is 0 Å². The van der Waals surface area contributed by atoms with Crippen LogP contribution in [0.15, 0.2) is 71.9 Å². The third-order valence-electron chi connectivity index (χ3n) is 5.03. The van der Waals surface area contributed by atoms with Crippen LogP contribution < -0.4 is 4.74 Å². The predicted molar refractivity (Wildman–Crippen MR) is 119 cm³/mol. The van der Waals surface area contributed by atoms with Crippen LogP contribution >= 0.6 is 11.3 Å². The average molecular weight is 435 g/mol. The first-order chi connectivity index (χ1) is 15.1. The Morgan fingerprint density at radius 2 is 1.97 bits per heavy atom. The zero-order valence-corrected chi connectivity index (χ0v) is 17.8. The lowest BCUT2D eigenvalue weighted by Gasteiger charge is -2.24. The van der Waals surface area contributed by atoms with E-state index >= 15 is 0 Å². The van der Waals surface area contributed by atoms with E-state index in [1.807, 2.05) is 30.5 Å². The third kappa shape index (κ3) is 4.22. The van der Waals surface area contributed by atoms with Crippen molar-refractivity contribution in [1.29, 1.82) is 0 Å². The van der Waals surface area contributed by atoms with Gasteiger partial charge in [0.1, 0.15) is 11.5 Å². The van der Waals surface area contributed by atoms with Gasteiger partial charge in [0.25, 0.3) is 11.7 Å². The van der Waals surface area contributed by atoms with E-state index in [1.54, 1.807) is 42.7 Å². The Morgan fingerprint density at radius 3 is 2.61 bits per heavy atom. The normalized spacial score (nSPS) is 17.8. The van der Waals surface area contributed by atoms with Crippen molar-refractivity contribution in [3.05, 3.63) is 87.9 Å². The molecule has 1 unspecified atom stereocenters. The maximum absolute atomic E-state index is 13.0. The Labute approximate surface area is 184 Å². The van der Waals surface area contributed by atoms with Gasteiger partial charge in [-0.1, -0.05) is 19.1 Å². The second kappa shape index (κ2) is 9.14. The quantitative estimate of drug-likeness (QED) is 0.335. The number of hydrogen-bond acceptors (Lipinski definition) is 6. The van der Waals surface area contributed by atoms with Gasteiger partial charge in [0.05, 0.1) is 18.2 Å². The smallest absolute Gasteiger partial charge is 0.295 e. The van der Waals surface area contributed by atoms with Gasteiger partial charge in [-0.2, -0.15) is 0 Å². The van der Waals surface area contributed by atoms with E-state index in [0.717, 1.165) is 16.9 Å². The van der Waals surface area contributed by atoms with Gasteiger partial charge in [0, 0.05) is 29.4 Å². The second-order valence-corrected chi connectivity index (χ2v) is 8.16. The Balaban J connectivity index is 1.74. The number of ether oxygens (including phenoxy) is 1. The van der Waals surface area contributed by atoms with Gasteiger partial charge in [-0.25, -0.2) is 0 Å². The summed E-state index contributed by atoms with van der Waals surface area (Å²) in [6.07, 6.45) is 4.21. The van der Waals surface area contributed by atoms with E-state index in [9.17, 15) is 14.7 Å². The molecule has 3 heterocycles. The highest BCUT2D eigenvalue weighted by molar-refractivity contribution is 7.10. The number of carbonyl (C=O) groups excluding carboxylic acids is 2. The van der Waals surface area contributed by atoms with Gasteiger partial charge in [-0.3, -0.25) is 14.6 Å². The molecule has 0 spiro atoms. The van der Waals surface area contributed by atoms with Gasteiger partial charge in [-0.05, 0) is 53.8 Å². The Hall–Kier alpha value is -3.45. The summed E-state index contributed by atoms with van der Waals surface area (Å²) in [7, 11) is 0. The van der Waals surface area contributed by atoms with E-state index in [-0.39, 0.29) is 17.9 Å². The average Bonchev–Trinajstić information content (AvgIpc) is 3.41. The molecule has 7 heteroatoms. The van der Waals surface area contributed by atoms with E-state index in [0.29, 0.717) is 17.9 Å². The summed E-state index contributed by atoms with van der Waals surface area (Å²) in [6, 6.07) is 13.6. The van der Waals surface area contributed by atoms with Crippen LogP contribution in [-0.4, -0.2) is 33.3 Å². The molecule has 3 aromatic rings. The summed E-state index contributed by atoms with van der Waals surface area (Å²) in [4.78, 5) is 32.3. The third-order valence-corrected chi connectivity index (χ3v) is 5.95. The first kappa shape index (κ1) is 20.8. The molecule has 1 amide bonds. The number of carbonyl (C=O) groups is 2. The number of aliphatic hydroxyl groups is 1. The highest BCUT2D eigenvalue weighted by Gasteiger charge is 2.46. The summed E-state index contributed by atoms with van der Waals surface area (Å²) in [5.74, 6) is -0.824. The minimum Gasteiger partial charge on any atom is -0.507 e. The molecule has 1 aliphatic heterocycles. The molecule has 1 fully saturated rings. The Morgan fingerprint density at radius 1 is 1.16 bits per heavy atom. The highest BCUT2D eigenvalue weighted by atomic mass is 32.1. The number of amides is 1. The SMILES string of the molecule is CCCOc1ccc(/C(O)=C2/C(=O)C(=O)N(Cc3cccnc3)C2c2cccs2)cc1. The fraction of sp³-hybridized carbons (Fsp3) is 0.208. The predicted octanol–water partition coefficient (Wildman–Crippen LogP) is 4.55. The first-order valence-corrected chi connectivity index (χ1v) is 10.9. The van der Waals surface area contributed by atoms with Crippen molar-refractivity contribution in [2.45, 2.75) is 25.9 Å². The highest BCUT2D eigenvalue weighted by Crippen LogP contribution is 2.41. The number of hydrogen-bond donors (Lipinski definition) is 1. The largest absolute Gasteiger partial charge is 0.507 e. The molecule has 158 valence electrons. The van der Waals surface area contributed by atoms with Crippen molar-refractivity contribution in [3.63, 3.8) is 0 Å². The first-order valence-electron chi connectivity index (χ1n) is 10.0. The van der Waals surface area contributed by atoms with Crippen LogP contribution in [0.2, 0.25) is 0 Å². The van der Waals surface area contributed by atoms with Crippen LogP contribution in [0.3, 0.4) is 0 Å². The minimum absolute atomic E-state index is 0.0959. The molecule has 1 atom stereocenters. The van der Waals surface area contributed by atoms with Crippen molar-refractivity contribution in [2.75, 3.05) is 6.61 Å². The lowest BCUT2D eigenvalue weighted by molar-refractivity contribution is -0.140. The number of aliphatic hydroxyl groups excluding tert-OH is 1. The fourth-order valence-electron chi connectivity index (χ4n) is 3.56. The molecule has 0 aliphatic carbocycles.